The van der Waals surface area contributed by atoms with E-state index in [1.54, 1.807) is 16.9 Å². The van der Waals surface area contributed by atoms with Crippen LogP contribution >= 0.6 is 0 Å². The summed E-state index contributed by atoms with van der Waals surface area (Å²) in [6, 6.07) is 13.5. The molecule has 0 aliphatic carbocycles. The third-order valence-electron chi connectivity index (χ3n) is 4.01. The number of benzene rings is 2. The second kappa shape index (κ2) is 8.39. The van der Waals surface area contributed by atoms with Crippen molar-refractivity contribution < 1.29 is 17.9 Å². The molecule has 0 atom stereocenters. The molecule has 0 saturated carbocycles. The molecule has 0 fully saturated rings. The molecule has 3 aromatic rings. The zero-order valence-electron chi connectivity index (χ0n) is 15.5. The van der Waals surface area contributed by atoms with Gasteiger partial charge in [-0.15, -0.1) is 23.4 Å². The Morgan fingerprint density at radius 1 is 1.04 bits per heavy atom. The van der Waals surface area contributed by atoms with Gasteiger partial charge in [-0.25, -0.2) is 0 Å². The van der Waals surface area contributed by atoms with E-state index >= 15 is 0 Å². The molecule has 1 aromatic heterocycles. The molecule has 0 bridgehead atoms. The third-order valence-corrected chi connectivity index (χ3v) is 4.01. The van der Waals surface area contributed by atoms with Crippen LogP contribution < -0.4 is 4.74 Å². The van der Waals surface area contributed by atoms with Crippen molar-refractivity contribution in [1.82, 2.24) is 25.1 Å². The highest BCUT2D eigenvalue weighted by Crippen LogP contribution is 2.25. The van der Waals surface area contributed by atoms with Crippen LogP contribution in [-0.4, -0.2) is 52.1 Å². The van der Waals surface area contributed by atoms with Gasteiger partial charge in [0.15, 0.2) is 0 Å². The van der Waals surface area contributed by atoms with Gasteiger partial charge in [0.05, 0.1) is 6.54 Å². The minimum Gasteiger partial charge on any atom is -0.406 e. The number of likely N-dealkylation sites (N-methyl/N-ethyl adjacent to an activating group) is 1. The first-order valence-electron chi connectivity index (χ1n) is 8.66. The number of hydrogen-bond donors (Lipinski definition) is 0. The van der Waals surface area contributed by atoms with Crippen LogP contribution in [0.1, 0.15) is 11.1 Å². The van der Waals surface area contributed by atoms with E-state index in [0.29, 0.717) is 18.8 Å². The number of aromatic nitrogens is 4. The van der Waals surface area contributed by atoms with Gasteiger partial charge in [-0.1, -0.05) is 36.4 Å². The van der Waals surface area contributed by atoms with Crippen LogP contribution in [0.15, 0.2) is 48.5 Å². The second-order valence-electron chi connectivity index (χ2n) is 6.54. The highest BCUT2D eigenvalue weighted by atomic mass is 19.4. The Balaban J connectivity index is 1.76. The summed E-state index contributed by atoms with van der Waals surface area (Å²) in [4.78, 5) is 3.58. The predicted molar refractivity (Wildman–Crippen MR) is 97.7 cm³/mol. The first kappa shape index (κ1) is 19.8. The number of halogens is 3. The summed E-state index contributed by atoms with van der Waals surface area (Å²) in [5.74, 6) is 0.279. The number of ether oxygens (including phenoxy) is 1. The Morgan fingerprint density at radius 2 is 1.75 bits per heavy atom. The Bertz CT molecular complexity index is 906. The lowest BCUT2D eigenvalue weighted by molar-refractivity contribution is -0.274. The molecule has 9 heteroatoms. The third kappa shape index (κ3) is 5.53. The number of nitrogens with zero attached hydrogens (tertiary/aromatic N) is 5. The van der Waals surface area contributed by atoms with Crippen molar-refractivity contribution in [1.29, 1.82) is 0 Å². The van der Waals surface area contributed by atoms with Gasteiger partial charge in [-0.05, 0) is 49.0 Å². The fraction of sp³-hybridized carbons (Fsp3) is 0.316. The molecule has 0 aliphatic heterocycles. The van der Waals surface area contributed by atoms with Gasteiger partial charge in [0.1, 0.15) is 5.75 Å². The van der Waals surface area contributed by atoms with E-state index in [1.165, 1.54) is 12.1 Å². The Kier molecular flexibility index (Phi) is 5.93. The molecule has 2 aromatic carbocycles. The van der Waals surface area contributed by atoms with E-state index < -0.39 is 6.36 Å². The SMILES string of the molecule is CN(C)CCn1nnc(-c2ccccc2Cc2ccc(OC(F)(F)F)cc2)n1. The van der Waals surface area contributed by atoms with Crippen molar-refractivity contribution in [3.63, 3.8) is 0 Å². The molecule has 0 spiro atoms. The molecule has 0 N–H and O–H groups in total. The maximum absolute atomic E-state index is 12.3. The van der Waals surface area contributed by atoms with Crippen molar-refractivity contribution in [2.75, 3.05) is 20.6 Å². The van der Waals surface area contributed by atoms with Crippen LogP contribution in [0.2, 0.25) is 0 Å². The molecule has 28 heavy (non-hydrogen) atoms. The molecule has 6 nitrogen and oxygen atoms in total. The standard InChI is InChI=1S/C19H20F3N5O/c1-26(2)11-12-27-24-18(23-25-27)17-6-4-3-5-15(17)13-14-7-9-16(10-8-14)28-19(20,21)22/h3-10H,11-13H2,1-2H3. The molecule has 3 rings (SSSR count). The van der Waals surface area contributed by atoms with E-state index in [2.05, 4.69) is 20.1 Å². The maximum atomic E-state index is 12.3. The Labute approximate surface area is 160 Å². The van der Waals surface area contributed by atoms with Crippen molar-refractivity contribution in [3.05, 3.63) is 59.7 Å². The highest BCUT2D eigenvalue weighted by molar-refractivity contribution is 5.60. The van der Waals surface area contributed by atoms with Gasteiger partial charge < -0.3 is 9.64 Å². The first-order valence-corrected chi connectivity index (χ1v) is 8.66. The number of alkyl halides is 3. The van der Waals surface area contributed by atoms with E-state index in [4.69, 9.17) is 0 Å². The van der Waals surface area contributed by atoms with Crippen LogP contribution in [0.4, 0.5) is 13.2 Å². The van der Waals surface area contributed by atoms with Crippen molar-refractivity contribution in [3.8, 4) is 17.1 Å². The maximum Gasteiger partial charge on any atom is 0.573 e. The van der Waals surface area contributed by atoms with Crippen LogP contribution in [0.3, 0.4) is 0 Å². The Morgan fingerprint density at radius 3 is 2.43 bits per heavy atom. The zero-order valence-corrected chi connectivity index (χ0v) is 15.5. The summed E-state index contributed by atoms with van der Waals surface area (Å²) in [5, 5.41) is 12.7. The minimum absolute atomic E-state index is 0.241. The van der Waals surface area contributed by atoms with E-state index in [9.17, 15) is 13.2 Å². The fourth-order valence-corrected chi connectivity index (χ4v) is 2.66. The molecule has 1 heterocycles. The van der Waals surface area contributed by atoms with Gasteiger partial charge in [-0.2, -0.15) is 4.80 Å². The van der Waals surface area contributed by atoms with Crippen molar-refractivity contribution in [2.24, 2.45) is 0 Å². The van der Waals surface area contributed by atoms with Crippen LogP contribution in [-0.2, 0) is 13.0 Å². The summed E-state index contributed by atoms with van der Waals surface area (Å²) in [7, 11) is 3.94. The summed E-state index contributed by atoms with van der Waals surface area (Å²) < 4.78 is 40.8. The zero-order chi connectivity index (χ0) is 20.1. The topological polar surface area (TPSA) is 56.1 Å². The number of rotatable bonds is 7. The molecule has 148 valence electrons. The van der Waals surface area contributed by atoms with Crippen LogP contribution in [0.5, 0.6) is 5.75 Å². The van der Waals surface area contributed by atoms with Crippen LogP contribution in [0.25, 0.3) is 11.4 Å². The molecule has 0 radical (unpaired) electrons. The quantitative estimate of drug-likeness (QED) is 0.618. The molecule has 0 saturated heterocycles. The minimum atomic E-state index is -4.70. The van der Waals surface area contributed by atoms with Gasteiger partial charge in [0, 0.05) is 12.1 Å². The Hall–Kier alpha value is -2.94. The molecule has 0 aliphatic rings. The average Bonchev–Trinajstić information content (AvgIpc) is 3.10. The lowest BCUT2D eigenvalue weighted by atomic mass is 9.99. The lowest BCUT2D eigenvalue weighted by Crippen LogP contribution is -2.19. The van der Waals surface area contributed by atoms with Gasteiger partial charge in [0.25, 0.3) is 0 Å². The van der Waals surface area contributed by atoms with E-state index in [-0.39, 0.29) is 5.75 Å². The monoisotopic (exact) mass is 391 g/mol. The van der Waals surface area contributed by atoms with E-state index in [1.807, 2.05) is 43.3 Å². The van der Waals surface area contributed by atoms with Gasteiger partial charge in [-0.3, -0.25) is 0 Å². The van der Waals surface area contributed by atoms with Gasteiger partial charge in [0.2, 0.25) is 5.82 Å². The summed E-state index contributed by atoms with van der Waals surface area (Å²) in [6.45, 7) is 1.42. The predicted octanol–water partition coefficient (Wildman–Crippen LogP) is 3.39. The highest BCUT2D eigenvalue weighted by Gasteiger charge is 2.30. The smallest absolute Gasteiger partial charge is 0.406 e. The normalized spacial score (nSPS) is 11.8. The fourth-order valence-electron chi connectivity index (χ4n) is 2.66. The first-order chi connectivity index (χ1) is 13.3. The molecule has 0 unspecified atom stereocenters. The number of tetrazole rings is 1. The summed E-state index contributed by atoms with van der Waals surface area (Å²) >= 11 is 0. The van der Waals surface area contributed by atoms with Crippen LogP contribution in [0, 0.1) is 0 Å². The number of hydrogen-bond acceptors (Lipinski definition) is 5. The van der Waals surface area contributed by atoms with Gasteiger partial charge >= 0.3 is 6.36 Å². The molecular formula is C19H20F3N5O. The summed E-state index contributed by atoms with van der Waals surface area (Å²) in [6.07, 6.45) is -4.17. The molecule has 0 amide bonds. The van der Waals surface area contributed by atoms with E-state index in [0.717, 1.165) is 23.2 Å². The second-order valence-corrected chi connectivity index (χ2v) is 6.54. The van der Waals surface area contributed by atoms with Crippen molar-refractivity contribution >= 4 is 0 Å². The largest absolute Gasteiger partial charge is 0.573 e. The summed E-state index contributed by atoms with van der Waals surface area (Å²) in [5.41, 5.74) is 2.65. The average molecular weight is 391 g/mol. The molecular weight excluding hydrogens is 371 g/mol. The lowest BCUT2D eigenvalue weighted by Gasteiger charge is -2.10. The van der Waals surface area contributed by atoms with Crippen molar-refractivity contribution in [2.45, 2.75) is 19.3 Å².